The first-order valence-electron chi connectivity index (χ1n) is 19.6. The van der Waals surface area contributed by atoms with Crippen LogP contribution in [0.2, 0.25) is 10.0 Å². The minimum Gasteiger partial charge on any atom is -0.495 e. The molecule has 2 heterocycles. The Kier molecular flexibility index (Phi) is 20.6. The molecule has 3 aromatic rings. The molecule has 1 fully saturated rings. The second kappa shape index (κ2) is 25.6. The maximum Gasteiger partial charge on any atom is 0.303 e. The molecule has 1 aromatic heterocycles. The zero-order chi connectivity index (χ0) is 40.0. The van der Waals surface area contributed by atoms with Crippen LogP contribution in [0.15, 0.2) is 30.5 Å². The van der Waals surface area contributed by atoms with Crippen molar-refractivity contribution in [1.29, 1.82) is 5.26 Å². The summed E-state index contributed by atoms with van der Waals surface area (Å²) in [5.41, 5.74) is 2.06. The van der Waals surface area contributed by atoms with E-state index in [0.29, 0.717) is 101 Å². The summed E-state index contributed by atoms with van der Waals surface area (Å²) in [7, 11) is 3.12. The van der Waals surface area contributed by atoms with Crippen LogP contribution in [0.5, 0.6) is 17.2 Å². The number of carbonyl (C=O) groups is 1. The molecule has 0 unspecified atom stereocenters. The Hall–Kier alpha value is -3.61. The van der Waals surface area contributed by atoms with Crippen LogP contribution in [0.3, 0.4) is 0 Å². The first kappa shape index (κ1) is 45.1. The van der Waals surface area contributed by atoms with Crippen molar-refractivity contribution < 1.29 is 38.3 Å². The number of fused-ring (bicyclic) bond motifs is 1. The van der Waals surface area contributed by atoms with Crippen molar-refractivity contribution in [2.75, 3.05) is 105 Å². The van der Waals surface area contributed by atoms with E-state index in [0.717, 1.165) is 71.6 Å². The number of aliphatic carboxylic acids is 1. The van der Waals surface area contributed by atoms with E-state index in [4.69, 9.17) is 56.7 Å². The van der Waals surface area contributed by atoms with Crippen molar-refractivity contribution in [1.82, 2.24) is 14.8 Å². The molecule has 0 radical (unpaired) electrons. The van der Waals surface area contributed by atoms with Crippen molar-refractivity contribution in [3.8, 4) is 23.3 Å². The highest BCUT2D eigenvalue weighted by Gasteiger charge is 2.18. The minimum atomic E-state index is -0.741. The van der Waals surface area contributed by atoms with Gasteiger partial charge < -0.3 is 48.6 Å². The van der Waals surface area contributed by atoms with Gasteiger partial charge in [-0.3, -0.25) is 9.78 Å². The molecule has 1 aliphatic heterocycles. The number of rotatable bonds is 28. The molecule has 13 nitrogen and oxygen atoms in total. The number of pyridine rings is 1. The van der Waals surface area contributed by atoms with Crippen LogP contribution in [0.25, 0.3) is 10.9 Å². The lowest BCUT2D eigenvalue weighted by Gasteiger charge is -2.34. The topological polar surface area (TPSA) is 148 Å². The van der Waals surface area contributed by atoms with Gasteiger partial charge >= 0.3 is 5.97 Å². The lowest BCUT2D eigenvalue weighted by atomic mass is 10.1. The number of hydrogen-bond acceptors (Lipinski definition) is 12. The zero-order valence-corrected chi connectivity index (χ0v) is 34.3. The first-order valence-corrected chi connectivity index (χ1v) is 20.3. The number of carboxylic acid groups (broad SMARTS) is 1. The Morgan fingerprint density at radius 2 is 1.36 bits per heavy atom. The third kappa shape index (κ3) is 15.4. The van der Waals surface area contributed by atoms with Gasteiger partial charge in [-0.2, -0.15) is 5.26 Å². The van der Waals surface area contributed by atoms with Crippen LogP contribution in [0, 0.1) is 11.3 Å². The minimum absolute atomic E-state index is 0.227. The number of halogens is 2. The monoisotopic (exact) mass is 817 g/mol. The van der Waals surface area contributed by atoms with E-state index in [-0.39, 0.29) is 6.42 Å². The number of hydrogen-bond donors (Lipinski definition) is 2. The number of piperazine rings is 1. The molecule has 1 aliphatic rings. The van der Waals surface area contributed by atoms with Gasteiger partial charge in [-0.15, -0.1) is 0 Å². The highest BCUT2D eigenvalue weighted by Crippen LogP contribution is 2.40. The quantitative estimate of drug-likeness (QED) is 0.0687. The Labute approximate surface area is 341 Å². The lowest BCUT2D eigenvalue weighted by molar-refractivity contribution is -0.137. The molecule has 0 spiro atoms. The number of nitrogens with zero attached hydrogens (tertiary/aromatic N) is 4. The second-order valence-electron chi connectivity index (χ2n) is 13.6. The van der Waals surface area contributed by atoms with Gasteiger partial charge in [-0.05, 0) is 50.8 Å². The van der Waals surface area contributed by atoms with E-state index in [2.05, 4.69) is 26.2 Å². The highest BCUT2D eigenvalue weighted by molar-refractivity contribution is 6.37. The summed E-state index contributed by atoms with van der Waals surface area (Å²) in [6.45, 7) is 10.6. The number of anilines is 2. The van der Waals surface area contributed by atoms with Gasteiger partial charge in [0.2, 0.25) is 0 Å². The molecule has 1 saturated heterocycles. The van der Waals surface area contributed by atoms with Crippen molar-refractivity contribution in [2.45, 2.75) is 57.8 Å². The molecule has 0 amide bonds. The number of benzene rings is 2. The summed E-state index contributed by atoms with van der Waals surface area (Å²) in [6, 6.07) is 9.15. The van der Waals surface area contributed by atoms with E-state index < -0.39 is 5.97 Å². The number of nitrogens with one attached hydrogen (secondary N) is 1. The summed E-state index contributed by atoms with van der Waals surface area (Å²) in [5, 5.41) is 23.2. The molecule has 0 saturated carbocycles. The van der Waals surface area contributed by atoms with Crippen LogP contribution < -0.4 is 19.5 Å². The normalized spacial score (nSPS) is 13.5. The molecule has 15 heteroatoms. The van der Waals surface area contributed by atoms with Crippen LogP contribution in [0.1, 0.15) is 63.4 Å². The number of aromatic nitrogens is 1. The van der Waals surface area contributed by atoms with E-state index in [1.165, 1.54) is 32.6 Å². The predicted molar refractivity (Wildman–Crippen MR) is 219 cm³/mol. The number of unbranched alkanes of at least 4 members (excludes halogenated alkanes) is 5. The molecular formula is C41H57Cl2N5O8. The first-order chi connectivity index (χ1) is 27.3. The Bertz CT molecular complexity index is 1690. The average molecular weight is 819 g/mol. The third-order valence-electron chi connectivity index (χ3n) is 9.55. The molecule has 56 heavy (non-hydrogen) atoms. The number of ether oxygens (including phenoxy) is 6. The van der Waals surface area contributed by atoms with Crippen LogP contribution in [-0.4, -0.2) is 126 Å². The zero-order valence-electron chi connectivity index (χ0n) is 32.8. The number of methoxy groups -OCH3 is 2. The number of carboxylic acids is 1. The Morgan fingerprint density at radius 3 is 1.98 bits per heavy atom. The van der Waals surface area contributed by atoms with Crippen LogP contribution in [-0.2, 0) is 19.0 Å². The van der Waals surface area contributed by atoms with Crippen molar-refractivity contribution in [2.24, 2.45) is 0 Å². The fraction of sp³-hybridized carbons (Fsp3) is 0.585. The molecule has 0 atom stereocenters. The molecule has 2 aromatic carbocycles. The van der Waals surface area contributed by atoms with Gasteiger partial charge in [0, 0.05) is 76.1 Å². The van der Waals surface area contributed by atoms with Crippen molar-refractivity contribution in [3.63, 3.8) is 0 Å². The summed E-state index contributed by atoms with van der Waals surface area (Å²) in [4.78, 5) is 20.1. The second-order valence-corrected chi connectivity index (χ2v) is 14.4. The molecule has 308 valence electrons. The van der Waals surface area contributed by atoms with Gasteiger partial charge in [0.1, 0.15) is 11.8 Å². The average Bonchev–Trinajstić information content (AvgIpc) is 3.20. The fourth-order valence-corrected chi connectivity index (χ4v) is 6.91. The Morgan fingerprint density at radius 1 is 0.750 bits per heavy atom. The van der Waals surface area contributed by atoms with E-state index in [1.54, 1.807) is 19.2 Å². The van der Waals surface area contributed by atoms with Crippen LogP contribution in [0.4, 0.5) is 11.4 Å². The molecule has 0 bridgehead atoms. The van der Waals surface area contributed by atoms with Gasteiger partial charge in [-0.25, -0.2) is 0 Å². The lowest BCUT2D eigenvalue weighted by Crippen LogP contribution is -2.46. The summed E-state index contributed by atoms with van der Waals surface area (Å²) in [6.07, 6.45) is 9.75. The standard InChI is InChI=1S/C41H57Cl2N5O8/c1-51-37-28-36(33(42)26-34(37)43)46-41-31(29-44)30-45-35-27-39(38(52-2)25-32(35)41)56-20-10-13-48-16-14-47(15-17-48)12-7-3-4-8-18-53-21-23-55-24-22-54-19-9-5-6-11-40(49)50/h25-28,30H,3-24H2,1-2H3,(H,45,46)(H,49,50). The molecule has 2 N–H and O–H groups in total. The van der Waals surface area contributed by atoms with E-state index >= 15 is 0 Å². The van der Waals surface area contributed by atoms with E-state index in [9.17, 15) is 10.1 Å². The molecule has 0 aliphatic carbocycles. The van der Waals surface area contributed by atoms with Crippen molar-refractivity contribution >= 4 is 51.4 Å². The predicted octanol–water partition coefficient (Wildman–Crippen LogP) is 7.82. The third-order valence-corrected chi connectivity index (χ3v) is 10.2. The number of nitriles is 1. The van der Waals surface area contributed by atoms with Gasteiger partial charge in [-0.1, -0.05) is 42.5 Å². The van der Waals surface area contributed by atoms with Gasteiger partial charge in [0.15, 0.2) is 11.5 Å². The van der Waals surface area contributed by atoms with E-state index in [1.807, 2.05) is 12.1 Å². The smallest absolute Gasteiger partial charge is 0.303 e. The molecular weight excluding hydrogens is 761 g/mol. The Balaban J connectivity index is 1.05. The fourth-order valence-electron chi connectivity index (χ4n) is 6.41. The van der Waals surface area contributed by atoms with Crippen LogP contribution >= 0.6 is 23.2 Å². The summed E-state index contributed by atoms with van der Waals surface area (Å²) in [5.74, 6) is 0.851. The van der Waals surface area contributed by atoms with Gasteiger partial charge in [0.25, 0.3) is 0 Å². The SMILES string of the molecule is COc1cc(Nc2c(C#N)cnc3cc(OCCCN4CCN(CCCCCCOCCOCCOCCCCCC(=O)O)CC4)c(OC)cc23)c(Cl)cc1Cl. The summed E-state index contributed by atoms with van der Waals surface area (Å²) < 4.78 is 34.0. The maximum atomic E-state index is 10.5. The molecule has 4 rings (SSSR count). The maximum absolute atomic E-state index is 10.5. The largest absolute Gasteiger partial charge is 0.495 e. The van der Waals surface area contributed by atoms with Crippen molar-refractivity contribution in [3.05, 3.63) is 46.1 Å². The summed E-state index contributed by atoms with van der Waals surface area (Å²) >= 11 is 12.7. The van der Waals surface area contributed by atoms with Gasteiger partial charge in [0.05, 0.1) is 79.8 Å². The highest BCUT2D eigenvalue weighted by atomic mass is 35.5.